The smallest absolute Gasteiger partial charge is 0.243 e. The fourth-order valence-corrected chi connectivity index (χ4v) is 6.74. The molecule has 9 nitrogen and oxygen atoms in total. The number of primary amides is 1. The molecule has 3 amide bonds. The minimum absolute atomic E-state index is 0.0136. The highest BCUT2D eigenvalue weighted by Gasteiger charge is 2.51. The summed E-state index contributed by atoms with van der Waals surface area (Å²) in [6.07, 6.45) is 6.94. The zero-order valence-corrected chi connectivity index (χ0v) is 20.2. The number of nitrogens with two attached hydrogens (primary N) is 3. The molecule has 0 heterocycles. The van der Waals surface area contributed by atoms with Crippen LogP contribution in [0.2, 0.25) is 0 Å². The lowest BCUT2D eigenvalue weighted by molar-refractivity contribution is -0.141. The predicted octanol–water partition coefficient (Wildman–Crippen LogP) is 0.810. The summed E-state index contributed by atoms with van der Waals surface area (Å²) in [4.78, 5) is 42.8. The fraction of sp³-hybridized carbons (Fsp3) is 0.615. The molecule has 4 aliphatic carbocycles. The van der Waals surface area contributed by atoms with Crippen LogP contribution in [0.25, 0.3) is 0 Å². The third-order valence-corrected chi connectivity index (χ3v) is 8.05. The number of guanidine groups is 1. The second-order valence-electron chi connectivity index (χ2n) is 10.6. The second-order valence-corrected chi connectivity index (χ2v) is 10.6. The van der Waals surface area contributed by atoms with Crippen LogP contribution in [-0.2, 0) is 20.8 Å². The van der Waals surface area contributed by atoms with Crippen LogP contribution in [0.3, 0.4) is 0 Å². The number of aliphatic imine (C=N–C) groups is 1. The maximum absolute atomic E-state index is 13.4. The van der Waals surface area contributed by atoms with Crippen molar-refractivity contribution in [1.29, 1.82) is 0 Å². The zero-order valence-electron chi connectivity index (χ0n) is 20.2. The molecule has 5 rings (SSSR count). The lowest BCUT2D eigenvalue weighted by atomic mass is 9.51. The molecule has 4 aliphatic rings. The monoisotopic (exact) mass is 482 g/mol. The van der Waals surface area contributed by atoms with Crippen LogP contribution in [0.4, 0.5) is 0 Å². The fourth-order valence-electron chi connectivity index (χ4n) is 6.74. The third kappa shape index (κ3) is 6.32. The number of benzene rings is 1. The van der Waals surface area contributed by atoms with Gasteiger partial charge in [0.15, 0.2) is 5.96 Å². The predicted molar refractivity (Wildman–Crippen MR) is 134 cm³/mol. The normalized spacial score (nSPS) is 28.1. The highest BCUT2D eigenvalue weighted by atomic mass is 16.2. The minimum Gasteiger partial charge on any atom is -0.370 e. The summed E-state index contributed by atoms with van der Waals surface area (Å²) in [6.45, 7) is 0.350. The highest BCUT2D eigenvalue weighted by Crippen LogP contribution is 2.56. The lowest BCUT2D eigenvalue weighted by Crippen LogP contribution is -2.57. The number of hydrogen-bond acceptors (Lipinski definition) is 4. The largest absolute Gasteiger partial charge is 0.370 e. The maximum atomic E-state index is 13.4. The van der Waals surface area contributed by atoms with Gasteiger partial charge in [-0.15, -0.1) is 0 Å². The average molecular weight is 483 g/mol. The molecule has 1 aromatic rings. The first-order valence-electron chi connectivity index (χ1n) is 12.8. The van der Waals surface area contributed by atoms with Crippen molar-refractivity contribution in [2.24, 2.45) is 51.8 Å². The first-order valence-corrected chi connectivity index (χ1v) is 12.8. The molecule has 35 heavy (non-hydrogen) atoms. The van der Waals surface area contributed by atoms with Crippen molar-refractivity contribution < 1.29 is 14.4 Å². The average Bonchev–Trinajstić information content (AvgIpc) is 2.80. The molecule has 190 valence electrons. The van der Waals surface area contributed by atoms with Gasteiger partial charge < -0.3 is 27.8 Å². The van der Waals surface area contributed by atoms with Gasteiger partial charge in [0, 0.05) is 18.9 Å². The van der Waals surface area contributed by atoms with Gasteiger partial charge in [-0.3, -0.25) is 19.4 Å². The molecule has 0 aromatic heterocycles. The molecule has 0 spiro atoms. The second kappa shape index (κ2) is 11.1. The van der Waals surface area contributed by atoms with Crippen molar-refractivity contribution in [1.82, 2.24) is 10.6 Å². The van der Waals surface area contributed by atoms with Gasteiger partial charge in [0.1, 0.15) is 12.1 Å². The molecular formula is C26H38N6O3. The van der Waals surface area contributed by atoms with Crippen LogP contribution in [0.1, 0.15) is 50.5 Å². The van der Waals surface area contributed by atoms with Gasteiger partial charge in [0.2, 0.25) is 17.7 Å². The zero-order chi connectivity index (χ0) is 24.9. The van der Waals surface area contributed by atoms with Gasteiger partial charge in [0.25, 0.3) is 0 Å². The first-order chi connectivity index (χ1) is 16.8. The Labute approximate surface area is 206 Å². The molecule has 0 aliphatic heterocycles. The van der Waals surface area contributed by atoms with Crippen LogP contribution >= 0.6 is 0 Å². The number of nitrogens with zero attached hydrogens (tertiary/aromatic N) is 1. The molecule has 4 fully saturated rings. The molecule has 0 radical (unpaired) electrons. The Morgan fingerprint density at radius 1 is 0.886 bits per heavy atom. The van der Waals surface area contributed by atoms with Gasteiger partial charge in [-0.1, -0.05) is 30.3 Å². The van der Waals surface area contributed by atoms with Gasteiger partial charge in [-0.25, -0.2) is 0 Å². The summed E-state index contributed by atoms with van der Waals surface area (Å²) in [7, 11) is 0. The first kappa shape index (κ1) is 25.0. The van der Waals surface area contributed by atoms with Crippen molar-refractivity contribution in [2.45, 2.75) is 63.5 Å². The molecule has 1 aromatic carbocycles. The molecule has 4 bridgehead atoms. The summed E-state index contributed by atoms with van der Waals surface area (Å²) in [5.41, 5.74) is 17.3. The van der Waals surface area contributed by atoms with Crippen LogP contribution in [-0.4, -0.2) is 42.3 Å². The van der Waals surface area contributed by atoms with E-state index in [4.69, 9.17) is 17.2 Å². The van der Waals surface area contributed by atoms with Crippen LogP contribution < -0.4 is 27.8 Å². The van der Waals surface area contributed by atoms with E-state index in [1.165, 1.54) is 6.42 Å². The van der Waals surface area contributed by atoms with E-state index in [-0.39, 0.29) is 24.2 Å². The standard InChI is InChI=1S/C26H38N6O3/c27-23(33)21(14-15-5-2-1-3-6-15)32-24(34)20(7-4-8-30-26(28)29)31-25(35)22-18-10-16-9-17(12-18)13-19(22)11-16/h1-3,5-6,16-22H,4,7-14H2,(H2,27,33)(H,31,35)(H,32,34)(H4,28,29,30)/t16?,17?,18?,19?,20-,21-,22?/m0/s1. The molecule has 0 saturated heterocycles. The summed E-state index contributed by atoms with van der Waals surface area (Å²) in [6, 6.07) is 7.72. The van der Waals surface area contributed by atoms with Crippen LogP contribution in [0.15, 0.2) is 35.3 Å². The van der Waals surface area contributed by atoms with Crippen molar-refractivity contribution in [3.8, 4) is 0 Å². The van der Waals surface area contributed by atoms with E-state index in [2.05, 4.69) is 15.6 Å². The summed E-state index contributed by atoms with van der Waals surface area (Å²) < 4.78 is 0. The number of carbonyl (C=O) groups is 3. The quantitative estimate of drug-likeness (QED) is 0.179. The number of nitrogens with one attached hydrogen (secondary N) is 2. The molecule has 9 heteroatoms. The SMILES string of the molecule is NC(=O)[C@H](Cc1ccccc1)NC(=O)[C@H](CCCN=C(N)N)NC(=O)C1C2CC3CC(C2)CC1C3. The van der Waals surface area contributed by atoms with E-state index in [9.17, 15) is 14.4 Å². The van der Waals surface area contributed by atoms with E-state index in [1.54, 1.807) is 0 Å². The van der Waals surface area contributed by atoms with Crippen LogP contribution in [0.5, 0.6) is 0 Å². The van der Waals surface area contributed by atoms with E-state index in [0.29, 0.717) is 31.2 Å². The van der Waals surface area contributed by atoms with Crippen molar-refractivity contribution in [3.05, 3.63) is 35.9 Å². The summed E-state index contributed by atoms with van der Waals surface area (Å²) >= 11 is 0. The Kier molecular flexibility index (Phi) is 7.93. The van der Waals surface area contributed by atoms with Gasteiger partial charge in [-0.2, -0.15) is 0 Å². The number of carbonyl (C=O) groups excluding carboxylic acids is 3. The van der Waals surface area contributed by atoms with Crippen molar-refractivity contribution in [2.75, 3.05) is 6.54 Å². The van der Waals surface area contributed by atoms with Gasteiger partial charge in [0.05, 0.1) is 0 Å². The molecule has 2 atom stereocenters. The topological polar surface area (TPSA) is 166 Å². The van der Waals surface area contributed by atoms with Crippen LogP contribution in [0, 0.1) is 29.6 Å². The van der Waals surface area contributed by atoms with Gasteiger partial charge >= 0.3 is 0 Å². The number of rotatable bonds is 11. The lowest BCUT2D eigenvalue weighted by Gasteiger charge is -2.53. The Morgan fingerprint density at radius 3 is 2.09 bits per heavy atom. The Morgan fingerprint density at radius 2 is 1.51 bits per heavy atom. The maximum Gasteiger partial charge on any atom is 0.243 e. The van der Waals surface area contributed by atoms with E-state index in [1.807, 2.05) is 30.3 Å². The minimum atomic E-state index is -0.872. The number of amides is 3. The summed E-state index contributed by atoms with van der Waals surface area (Å²) in [5, 5.41) is 5.80. The van der Waals surface area contributed by atoms with Gasteiger partial charge in [-0.05, 0) is 74.2 Å². The van der Waals surface area contributed by atoms with Crippen molar-refractivity contribution in [3.63, 3.8) is 0 Å². The number of hydrogen-bond donors (Lipinski definition) is 5. The molecule has 4 saturated carbocycles. The van der Waals surface area contributed by atoms with E-state index in [0.717, 1.165) is 43.1 Å². The molecule has 0 unspecified atom stereocenters. The Hall–Kier alpha value is -3.10. The Balaban J connectivity index is 1.42. The highest BCUT2D eigenvalue weighted by molar-refractivity contribution is 5.92. The van der Waals surface area contributed by atoms with Crippen molar-refractivity contribution >= 4 is 23.7 Å². The van der Waals surface area contributed by atoms with E-state index >= 15 is 0 Å². The summed E-state index contributed by atoms with van der Waals surface area (Å²) in [5.74, 6) is 1.22. The molecule has 8 N–H and O–H groups in total. The molecular weight excluding hydrogens is 444 g/mol. The third-order valence-electron chi connectivity index (χ3n) is 8.05. The van der Waals surface area contributed by atoms with E-state index < -0.39 is 23.9 Å². The Bertz CT molecular complexity index is 918.